The second-order valence-corrected chi connectivity index (χ2v) is 6.51. The third-order valence-electron chi connectivity index (χ3n) is 3.80. The van der Waals surface area contributed by atoms with E-state index in [2.05, 4.69) is 25.7 Å². The van der Waals surface area contributed by atoms with E-state index in [-0.39, 0.29) is 5.41 Å². The van der Waals surface area contributed by atoms with Crippen molar-refractivity contribution in [3.8, 4) is 0 Å². The Morgan fingerprint density at radius 1 is 1.29 bits per heavy atom. The Kier molecular flexibility index (Phi) is 5.42. The van der Waals surface area contributed by atoms with E-state index in [0.717, 1.165) is 38.9 Å². The van der Waals surface area contributed by atoms with Gasteiger partial charge in [-0.3, -0.25) is 4.90 Å². The molecule has 0 radical (unpaired) electrons. The Bertz CT molecular complexity index is 222. The molecule has 102 valence electrons. The highest BCUT2D eigenvalue weighted by molar-refractivity contribution is 4.88. The molecule has 1 fully saturated rings. The molecule has 0 unspecified atom stereocenters. The van der Waals surface area contributed by atoms with E-state index in [0.29, 0.717) is 6.54 Å². The lowest BCUT2D eigenvalue weighted by Gasteiger charge is -2.36. The minimum absolute atomic E-state index is 0.143. The number of nitrogens with two attached hydrogens (primary N) is 1. The molecule has 1 saturated carbocycles. The number of nitrogens with zero attached hydrogens (tertiary/aromatic N) is 1. The van der Waals surface area contributed by atoms with Gasteiger partial charge in [-0.1, -0.05) is 33.6 Å². The van der Waals surface area contributed by atoms with Crippen LogP contribution in [0.3, 0.4) is 0 Å². The maximum Gasteiger partial charge on any atom is 0.0774 e. The van der Waals surface area contributed by atoms with Crippen molar-refractivity contribution >= 4 is 0 Å². The SMILES string of the molecule is CCCN(CC(C)(C)CN)CC1(O)CCCC1. The fourth-order valence-electron chi connectivity index (χ4n) is 2.81. The molecule has 0 spiro atoms. The molecule has 1 aliphatic carbocycles. The summed E-state index contributed by atoms with van der Waals surface area (Å²) in [5, 5.41) is 10.5. The molecule has 0 aromatic carbocycles. The van der Waals surface area contributed by atoms with Crippen LogP contribution < -0.4 is 5.73 Å². The van der Waals surface area contributed by atoms with Gasteiger partial charge in [0.25, 0.3) is 0 Å². The van der Waals surface area contributed by atoms with Gasteiger partial charge < -0.3 is 10.8 Å². The van der Waals surface area contributed by atoms with Gasteiger partial charge in [-0.15, -0.1) is 0 Å². The predicted molar refractivity (Wildman–Crippen MR) is 73.0 cm³/mol. The molecule has 17 heavy (non-hydrogen) atoms. The molecular formula is C14H30N2O. The topological polar surface area (TPSA) is 49.5 Å². The van der Waals surface area contributed by atoms with E-state index in [1.165, 1.54) is 12.8 Å². The minimum atomic E-state index is -0.431. The molecule has 0 aromatic heterocycles. The normalized spacial score (nSPS) is 20.1. The van der Waals surface area contributed by atoms with Crippen LogP contribution in [0.2, 0.25) is 0 Å². The summed E-state index contributed by atoms with van der Waals surface area (Å²) in [7, 11) is 0. The van der Waals surface area contributed by atoms with Crippen molar-refractivity contribution in [1.29, 1.82) is 0 Å². The van der Waals surface area contributed by atoms with Crippen molar-refractivity contribution in [2.45, 2.75) is 58.5 Å². The number of rotatable bonds is 7. The monoisotopic (exact) mass is 242 g/mol. The van der Waals surface area contributed by atoms with Gasteiger partial charge in [-0.05, 0) is 37.8 Å². The number of hydrogen-bond donors (Lipinski definition) is 2. The average molecular weight is 242 g/mol. The lowest BCUT2D eigenvalue weighted by atomic mass is 9.91. The summed E-state index contributed by atoms with van der Waals surface area (Å²) in [6, 6.07) is 0. The van der Waals surface area contributed by atoms with Gasteiger partial charge in [0.15, 0.2) is 0 Å². The van der Waals surface area contributed by atoms with Crippen LogP contribution in [0, 0.1) is 5.41 Å². The summed E-state index contributed by atoms with van der Waals surface area (Å²) in [6.45, 7) is 10.2. The molecule has 3 nitrogen and oxygen atoms in total. The summed E-state index contributed by atoms with van der Waals surface area (Å²) in [4.78, 5) is 2.40. The first kappa shape index (κ1) is 14.9. The highest BCUT2D eigenvalue weighted by atomic mass is 16.3. The second kappa shape index (κ2) is 6.17. The molecule has 0 atom stereocenters. The molecular weight excluding hydrogens is 212 g/mol. The first-order valence-corrected chi connectivity index (χ1v) is 7.06. The molecule has 0 aliphatic heterocycles. The van der Waals surface area contributed by atoms with Crippen LogP contribution in [0.1, 0.15) is 52.9 Å². The molecule has 0 heterocycles. The summed E-state index contributed by atoms with van der Waals surface area (Å²) in [5.41, 5.74) is 5.51. The van der Waals surface area contributed by atoms with Crippen molar-refractivity contribution in [3.05, 3.63) is 0 Å². The summed E-state index contributed by atoms with van der Waals surface area (Å²) in [6.07, 6.45) is 5.43. The third kappa shape index (κ3) is 4.94. The van der Waals surface area contributed by atoms with Crippen LogP contribution in [-0.4, -0.2) is 41.8 Å². The molecule has 0 saturated heterocycles. The number of aliphatic hydroxyl groups is 1. The van der Waals surface area contributed by atoms with Gasteiger partial charge in [0.2, 0.25) is 0 Å². The maximum absolute atomic E-state index is 10.5. The Hall–Kier alpha value is -0.120. The Morgan fingerprint density at radius 3 is 2.35 bits per heavy atom. The molecule has 0 amide bonds. The predicted octanol–water partition coefficient (Wildman–Crippen LogP) is 1.99. The van der Waals surface area contributed by atoms with Gasteiger partial charge in [-0.25, -0.2) is 0 Å². The summed E-state index contributed by atoms with van der Waals surface area (Å²) < 4.78 is 0. The van der Waals surface area contributed by atoms with Crippen LogP contribution in [0.4, 0.5) is 0 Å². The minimum Gasteiger partial charge on any atom is -0.389 e. The molecule has 0 aromatic rings. The molecule has 3 N–H and O–H groups in total. The lowest BCUT2D eigenvalue weighted by Crippen LogP contribution is -2.46. The van der Waals surface area contributed by atoms with Crippen molar-refractivity contribution in [3.63, 3.8) is 0 Å². The van der Waals surface area contributed by atoms with E-state index in [9.17, 15) is 5.11 Å². The van der Waals surface area contributed by atoms with E-state index in [1.54, 1.807) is 0 Å². The summed E-state index contributed by atoms with van der Waals surface area (Å²) >= 11 is 0. The Balaban J connectivity index is 2.53. The van der Waals surface area contributed by atoms with Crippen LogP contribution in [0.25, 0.3) is 0 Å². The van der Waals surface area contributed by atoms with Gasteiger partial charge >= 0.3 is 0 Å². The van der Waals surface area contributed by atoms with Crippen molar-refractivity contribution < 1.29 is 5.11 Å². The standard InChI is InChI=1S/C14H30N2O/c1-4-9-16(11-13(2,3)10-15)12-14(17)7-5-6-8-14/h17H,4-12,15H2,1-3H3. The van der Waals surface area contributed by atoms with Crippen LogP contribution in [0.5, 0.6) is 0 Å². The van der Waals surface area contributed by atoms with Crippen LogP contribution >= 0.6 is 0 Å². The zero-order valence-electron chi connectivity index (χ0n) is 11.8. The Labute approximate surface area is 106 Å². The average Bonchev–Trinajstić information content (AvgIpc) is 2.64. The van der Waals surface area contributed by atoms with Gasteiger partial charge in [0.1, 0.15) is 0 Å². The van der Waals surface area contributed by atoms with Gasteiger partial charge in [0, 0.05) is 13.1 Å². The van der Waals surface area contributed by atoms with E-state index in [4.69, 9.17) is 5.73 Å². The third-order valence-corrected chi connectivity index (χ3v) is 3.80. The first-order chi connectivity index (χ1) is 7.91. The zero-order valence-corrected chi connectivity index (χ0v) is 11.8. The highest BCUT2D eigenvalue weighted by Crippen LogP contribution is 2.31. The fourth-order valence-corrected chi connectivity index (χ4v) is 2.81. The number of hydrogen-bond acceptors (Lipinski definition) is 3. The van der Waals surface area contributed by atoms with Crippen molar-refractivity contribution in [1.82, 2.24) is 4.90 Å². The van der Waals surface area contributed by atoms with E-state index >= 15 is 0 Å². The quantitative estimate of drug-likeness (QED) is 0.718. The van der Waals surface area contributed by atoms with Crippen molar-refractivity contribution in [2.24, 2.45) is 11.1 Å². The highest BCUT2D eigenvalue weighted by Gasteiger charge is 2.34. The van der Waals surface area contributed by atoms with Gasteiger partial charge in [0.05, 0.1) is 5.60 Å². The fraction of sp³-hybridized carbons (Fsp3) is 1.00. The molecule has 3 heteroatoms. The maximum atomic E-state index is 10.5. The van der Waals surface area contributed by atoms with Crippen molar-refractivity contribution in [2.75, 3.05) is 26.2 Å². The molecule has 1 aliphatic rings. The first-order valence-electron chi connectivity index (χ1n) is 7.06. The Morgan fingerprint density at radius 2 is 1.88 bits per heavy atom. The summed E-state index contributed by atoms with van der Waals surface area (Å²) in [5.74, 6) is 0. The smallest absolute Gasteiger partial charge is 0.0774 e. The molecule has 1 rings (SSSR count). The van der Waals surface area contributed by atoms with E-state index < -0.39 is 5.60 Å². The van der Waals surface area contributed by atoms with E-state index in [1.807, 2.05) is 0 Å². The molecule has 0 bridgehead atoms. The van der Waals surface area contributed by atoms with Gasteiger partial charge in [-0.2, -0.15) is 0 Å². The van der Waals surface area contributed by atoms with Crippen LogP contribution in [-0.2, 0) is 0 Å². The largest absolute Gasteiger partial charge is 0.389 e. The zero-order chi connectivity index (χ0) is 12.9. The van der Waals surface area contributed by atoms with Crippen LogP contribution in [0.15, 0.2) is 0 Å². The second-order valence-electron chi connectivity index (χ2n) is 6.51. The lowest BCUT2D eigenvalue weighted by molar-refractivity contribution is 0.000481.